The third kappa shape index (κ3) is 4.65. The first-order chi connectivity index (χ1) is 15.3. The van der Waals surface area contributed by atoms with Gasteiger partial charge in [0.15, 0.2) is 0 Å². The second kappa shape index (κ2) is 10.7. The second-order valence-corrected chi connectivity index (χ2v) is 7.75. The molecule has 0 bridgehead atoms. The zero-order chi connectivity index (χ0) is 21.0. The Labute approximate surface area is 202 Å². The van der Waals surface area contributed by atoms with Crippen LogP contribution in [0.25, 0.3) is 10.8 Å². The smallest absolute Gasteiger partial charge is 0.233 e. The van der Waals surface area contributed by atoms with Gasteiger partial charge in [0.05, 0.1) is 12.0 Å². The van der Waals surface area contributed by atoms with Gasteiger partial charge in [-0.3, -0.25) is 4.79 Å². The molecule has 0 N–H and O–H groups in total. The van der Waals surface area contributed by atoms with Crippen LogP contribution in [0, 0.1) is 69.6 Å². The average Bonchev–Trinajstić information content (AvgIpc) is 3.55. The van der Waals surface area contributed by atoms with Crippen LogP contribution >= 0.6 is 0 Å². The molecule has 2 nitrogen and oxygen atoms in total. The number of fused-ring (bicyclic) bond motifs is 1. The number of benzene rings is 3. The SMILES string of the molecule is O=C1[C@H]([C]2[CH][CH][CH][CH]2)[C@H](c2ccccc2)N1c1ccc2ccccc2c1.[CH]1[CH][CH][CH][CH]1.[Fe]. The number of carbonyl (C=O) groups excluding carboxylic acids is 1. The zero-order valence-corrected chi connectivity index (χ0v) is 18.6. The van der Waals surface area contributed by atoms with Crippen molar-refractivity contribution in [1.82, 2.24) is 0 Å². The van der Waals surface area contributed by atoms with Crippen LogP contribution in [-0.4, -0.2) is 5.91 Å². The first-order valence-corrected chi connectivity index (χ1v) is 10.6. The minimum atomic E-state index is -0.112. The van der Waals surface area contributed by atoms with Crippen molar-refractivity contribution < 1.29 is 21.9 Å². The molecule has 3 aromatic carbocycles. The van der Waals surface area contributed by atoms with Crippen LogP contribution in [0.4, 0.5) is 5.69 Å². The summed E-state index contributed by atoms with van der Waals surface area (Å²) in [6.07, 6.45) is 18.1. The molecule has 2 saturated carbocycles. The maximum Gasteiger partial charge on any atom is 0.233 e. The summed E-state index contributed by atoms with van der Waals surface area (Å²) in [5.74, 6) is 1.15. The van der Waals surface area contributed by atoms with E-state index in [0.717, 1.165) is 17.0 Å². The van der Waals surface area contributed by atoms with E-state index in [1.165, 1.54) is 10.9 Å². The van der Waals surface area contributed by atoms with Crippen molar-refractivity contribution in [3.05, 3.63) is 142 Å². The predicted molar refractivity (Wildman–Crippen MR) is 126 cm³/mol. The molecule has 0 aromatic heterocycles. The minimum Gasteiger partial charge on any atom is -0.304 e. The molecule has 32 heavy (non-hydrogen) atoms. The maximum atomic E-state index is 13.1. The molecule has 1 heterocycles. The van der Waals surface area contributed by atoms with Crippen molar-refractivity contribution >= 4 is 22.4 Å². The topological polar surface area (TPSA) is 20.3 Å². The second-order valence-electron chi connectivity index (χ2n) is 7.75. The van der Waals surface area contributed by atoms with Crippen LogP contribution in [0.5, 0.6) is 0 Å². The van der Waals surface area contributed by atoms with Crippen LogP contribution in [-0.2, 0) is 21.9 Å². The molecular formula is C29H23FeNO. The Morgan fingerprint density at radius 1 is 0.625 bits per heavy atom. The number of amides is 1. The Bertz CT molecular complexity index is 1020. The van der Waals surface area contributed by atoms with Gasteiger partial charge in [-0.25, -0.2) is 0 Å². The van der Waals surface area contributed by atoms with Gasteiger partial charge in [-0.15, -0.1) is 0 Å². The normalized spacial score (nSPS) is 22.8. The van der Waals surface area contributed by atoms with Gasteiger partial charge in [-0.05, 0) is 92.2 Å². The van der Waals surface area contributed by atoms with Crippen LogP contribution < -0.4 is 4.90 Å². The fourth-order valence-corrected chi connectivity index (χ4v) is 4.34. The third-order valence-electron chi connectivity index (χ3n) is 5.85. The molecule has 158 valence electrons. The van der Waals surface area contributed by atoms with Crippen molar-refractivity contribution in [3.63, 3.8) is 0 Å². The van der Waals surface area contributed by atoms with E-state index in [1.54, 1.807) is 0 Å². The van der Waals surface area contributed by atoms with Crippen LogP contribution in [0.2, 0.25) is 0 Å². The van der Waals surface area contributed by atoms with Crippen LogP contribution in [0.15, 0.2) is 72.8 Å². The number of β-lactam (4-membered cyclic amide) rings is 1. The summed E-state index contributed by atoms with van der Waals surface area (Å²) >= 11 is 0. The van der Waals surface area contributed by atoms with E-state index in [9.17, 15) is 4.79 Å². The van der Waals surface area contributed by atoms with E-state index in [2.05, 4.69) is 55.3 Å². The number of anilines is 1. The Morgan fingerprint density at radius 2 is 1.22 bits per heavy atom. The maximum absolute atomic E-state index is 13.1. The van der Waals surface area contributed by atoms with Crippen molar-refractivity contribution in [1.29, 1.82) is 0 Å². The van der Waals surface area contributed by atoms with Gasteiger partial charge in [-0.2, -0.15) is 0 Å². The Morgan fingerprint density at radius 3 is 1.88 bits per heavy atom. The van der Waals surface area contributed by atoms with Gasteiger partial charge in [0.1, 0.15) is 0 Å². The molecule has 2 atom stereocenters. The number of rotatable bonds is 3. The van der Waals surface area contributed by atoms with E-state index in [0.29, 0.717) is 0 Å². The van der Waals surface area contributed by atoms with E-state index >= 15 is 0 Å². The van der Waals surface area contributed by atoms with Crippen LogP contribution in [0.3, 0.4) is 0 Å². The molecule has 1 saturated heterocycles. The standard InChI is InChI=1S/C24H18NO.C5H5.Fe/c26-24-22(18-9-5-6-10-18)23(19-11-2-1-3-12-19)25(24)21-15-14-17-8-4-7-13-20(17)16-21;1-2-4-5-3-1;/h1-16,22-23H;1-5H;/t22-,23+;;/m1../s1. The fraction of sp³-hybridized carbons (Fsp3) is 0.0690. The number of carbonyl (C=O) groups is 1. The molecule has 1 aliphatic heterocycles. The van der Waals surface area contributed by atoms with Gasteiger partial charge in [0.25, 0.3) is 0 Å². The Balaban J connectivity index is 0.000000363. The molecule has 6 rings (SSSR count). The molecular weight excluding hydrogens is 434 g/mol. The molecule has 3 aliphatic rings. The molecule has 2 aliphatic carbocycles. The quantitative estimate of drug-likeness (QED) is 0.351. The summed E-state index contributed by atoms with van der Waals surface area (Å²) in [6, 6.07) is 24.9. The number of hydrogen-bond donors (Lipinski definition) is 0. The molecule has 3 heteroatoms. The van der Waals surface area contributed by atoms with Crippen molar-refractivity contribution in [2.24, 2.45) is 5.92 Å². The molecule has 0 spiro atoms. The summed E-state index contributed by atoms with van der Waals surface area (Å²) in [5.41, 5.74) is 2.14. The average molecular weight is 457 g/mol. The van der Waals surface area contributed by atoms with Crippen molar-refractivity contribution in [2.45, 2.75) is 6.04 Å². The summed E-state index contributed by atoms with van der Waals surface area (Å²) in [5, 5.41) is 2.34. The fourth-order valence-electron chi connectivity index (χ4n) is 4.34. The predicted octanol–water partition coefficient (Wildman–Crippen LogP) is 5.97. The Kier molecular flexibility index (Phi) is 7.71. The van der Waals surface area contributed by atoms with Gasteiger partial charge >= 0.3 is 0 Å². The third-order valence-corrected chi connectivity index (χ3v) is 5.85. The van der Waals surface area contributed by atoms with E-state index in [1.807, 2.05) is 80.2 Å². The van der Waals surface area contributed by atoms with Gasteiger partial charge in [0, 0.05) is 22.8 Å². The molecule has 10 radical (unpaired) electrons. The first kappa shape index (κ1) is 23.1. The largest absolute Gasteiger partial charge is 0.304 e. The summed E-state index contributed by atoms with van der Waals surface area (Å²) in [6.45, 7) is 0. The summed E-state index contributed by atoms with van der Waals surface area (Å²) in [7, 11) is 0. The number of nitrogens with zero attached hydrogens (tertiary/aromatic N) is 1. The molecule has 0 unspecified atom stereocenters. The first-order valence-electron chi connectivity index (χ1n) is 10.6. The zero-order valence-electron chi connectivity index (χ0n) is 17.5. The molecule has 3 aromatic rings. The minimum absolute atomic E-state index is 0. The van der Waals surface area contributed by atoms with E-state index < -0.39 is 0 Å². The monoisotopic (exact) mass is 457 g/mol. The summed E-state index contributed by atoms with van der Waals surface area (Å²) in [4.78, 5) is 15.1. The Hall–Kier alpha value is -2.09. The number of hydrogen-bond acceptors (Lipinski definition) is 1. The van der Waals surface area contributed by atoms with E-state index in [-0.39, 0.29) is 34.9 Å². The van der Waals surface area contributed by atoms with Crippen LogP contribution in [0.1, 0.15) is 11.6 Å². The summed E-state index contributed by atoms with van der Waals surface area (Å²) < 4.78 is 0. The van der Waals surface area contributed by atoms with Gasteiger partial charge in [-0.1, -0.05) is 60.7 Å². The van der Waals surface area contributed by atoms with E-state index in [4.69, 9.17) is 0 Å². The van der Waals surface area contributed by atoms with Gasteiger partial charge < -0.3 is 4.90 Å². The molecule has 1 amide bonds. The van der Waals surface area contributed by atoms with Crippen molar-refractivity contribution in [3.8, 4) is 0 Å². The van der Waals surface area contributed by atoms with Gasteiger partial charge in [0.2, 0.25) is 5.91 Å². The molecule has 3 fully saturated rings. The van der Waals surface area contributed by atoms with Crippen molar-refractivity contribution in [2.75, 3.05) is 4.90 Å².